The average Bonchev–Trinajstić information content (AvgIpc) is 2.72. The molecule has 0 aliphatic rings. The molecule has 0 saturated carbocycles. The molecule has 0 aliphatic carbocycles. The molecule has 27 heavy (non-hydrogen) atoms. The van der Waals surface area contributed by atoms with Crippen molar-refractivity contribution in [3.8, 4) is 11.1 Å². The Morgan fingerprint density at radius 2 is 1.52 bits per heavy atom. The second kappa shape index (κ2) is 9.53. The molecule has 4 heteroatoms. The maximum absolute atomic E-state index is 12.4. The van der Waals surface area contributed by atoms with E-state index in [9.17, 15) is 9.59 Å². The van der Waals surface area contributed by atoms with Crippen LogP contribution >= 0.6 is 0 Å². The molecule has 2 aromatic rings. The van der Waals surface area contributed by atoms with Crippen LogP contribution in [0.25, 0.3) is 17.2 Å². The molecular weight excluding hydrogens is 340 g/mol. The van der Waals surface area contributed by atoms with Crippen molar-refractivity contribution in [2.75, 3.05) is 14.2 Å². The van der Waals surface area contributed by atoms with Crippen molar-refractivity contribution in [2.45, 2.75) is 12.8 Å². The Bertz CT molecular complexity index is 805. The summed E-state index contributed by atoms with van der Waals surface area (Å²) in [5.41, 5.74) is 1.73. The number of carbonyl (C=O) groups is 2. The summed E-state index contributed by atoms with van der Waals surface area (Å²) in [6.45, 7) is 3.66. The third kappa shape index (κ3) is 4.53. The highest BCUT2D eigenvalue weighted by Crippen LogP contribution is 2.32. The van der Waals surface area contributed by atoms with Gasteiger partial charge in [0.05, 0.1) is 14.2 Å². The number of carbonyl (C=O) groups excluding carboxylic acids is 2. The number of hydrogen-bond acceptors (Lipinski definition) is 4. The van der Waals surface area contributed by atoms with Gasteiger partial charge >= 0.3 is 11.9 Å². The molecule has 4 nitrogen and oxygen atoms in total. The van der Waals surface area contributed by atoms with E-state index in [1.807, 2.05) is 60.7 Å². The predicted octanol–water partition coefficient (Wildman–Crippen LogP) is 4.67. The minimum atomic E-state index is -1.43. The fourth-order valence-corrected chi connectivity index (χ4v) is 3.05. The van der Waals surface area contributed by atoms with Gasteiger partial charge in [-0.1, -0.05) is 72.8 Å². The van der Waals surface area contributed by atoms with Gasteiger partial charge in [0.25, 0.3) is 0 Å². The summed E-state index contributed by atoms with van der Waals surface area (Å²) in [4.78, 5) is 24.7. The largest absolute Gasteiger partial charge is 0.468 e. The smallest absolute Gasteiger partial charge is 0.323 e. The Labute approximate surface area is 160 Å². The third-order valence-electron chi connectivity index (χ3n) is 4.45. The first-order valence-electron chi connectivity index (χ1n) is 8.67. The summed E-state index contributed by atoms with van der Waals surface area (Å²) >= 11 is 0. The molecule has 0 aromatic heterocycles. The zero-order chi connectivity index (χ0) is 19.7. The predicted molar refractivity (Wildman–Crippen MR) is 107 cm³/mol. The van der Waals surface area contributed by atoms with Crippen molar-refractivity contribution in [2.24, 2.45) is 5.41 Å². The van der Waals surface area contributed by atoms with Crippen LogP contribution in [0.3, 0.4) is 0 Å². The minimum Gasteiger partial charge on any atom is -0.468 e. The molecule has 140 valence electrons. The Morgan fingerprint density at radius 1 is 0.926 bits per heavy atom. The van der Waals surface area contributed by atoms with Crippen LogP contribution in [0.2, 0.25) is 0 Å². The Hall–Kier alpha value is -3.14. The molecule has 0 unspecified atom stereocenters. The lowest BCUT2D eigenvalue weighted by Gasteiger charge is -2.25. The van der Waals surface area contributed by atoms with Gasteiger partial charge in [-0.3, -0.25) is 9.59 Å². The lowest BCUT2D eigenvalue weighted by molar-refractivity contribution is -0.168. The SMILES string of the molecule is C=CCC(C/C=C\c1ccccc1-c1ccccc1)(C(=O)OC)C(=O)OC. The normalized spacial score (nSPS) is 11.2. The van der Waals surface area contributed by atoms with E-state index in [0.717, 1.165) is 16.7 Å². The van der Waals surface area contributed by atoms with E-state index in [4.69, 9.17) is 9.47 Å². The average molecular weight is 364 g/mol. The highest BCUT2D eigenvalue weighted by atomic mass is 16.5. The van der Waals surface area contributed by atoms with Gasteiger partial charge in [0, 0.05) is 0 Å². The van der Waals surface area contributed by atoms with E-state index >= 15 is 0 Å². The zero-order valence-corrected chi connectivity index (χ0v) is 15.7. The van der Waals surface area contributed by atoms with E-state index in [1.165, 1.54) is 20.3 Å². The molecule has 0 spiro atoms. The van der Waals surface area contributed by atoms with Crippen molar-refractivity contribution in [1.29, 1.82) is 0 Å². The van der Waals surface area contributed by atoms with Crippen molar-refractivity contribution >= 4 is 18.0 Å². The molecule has 0 bridgehead atoms. The van der Waals surface area contributed by atoms with Crippen molar-refractivity contribution in [3.05, 3.63) is 78.9 Å². The number of methoxy groups -OCH3 is 2. The van der Waals surface area contributed by atoms with E-state index in [1.54, 1.807) is 6.08 Å². The fourth-order valence-electron chi connectivity index (χ4n) is 3.05. The third-order valence-corrected chi connectivity index (χ3v) is 4.45. The summed E-state index contributed by atoms with van der Waals surface area (Å²) in [5.74, 6) is -1.26. The Kier molecular flexibility index (Phi) is 7.12. The highest BCUT2D eigenvalue weighted by molar-refractivity contribution is 6.00. The van der Waals surface area contributed by atoms with E-state index in [0.29, 0.717) is 0 Å². The van der Waals surface area contributed by atoms with Crippen LogP contribution in [0.4, 0.5) is 0 Å². The lowest BCUT2D eigenvalue weighted by Crippen LogP contribution is -2.40. The molecule has 0 aliphatic heterocycles. The molecule has 0 amide bonds. The molecule has 0 N–H and O–H groups in total. The van der Waals surface area contributed by atoms with Gasteiger partial charge in [0.2, 0.25) is 0 Å². The number of allylic oxidation sites excluding steroid dienone is 2. The van der Waals surface area contributed by atoms with Gasteiger partial charge in [-0.2, -0.15) is 0 Å². The number of ether oxygens (including phenoxy) is 2. The molecule has 2 rings (SSSR count). The summed E-state index contributed by atoms with van der Waals surface area (Å²) in [7, 11) is 2.52. The van der Waals surface area contributed by atoms with Crippen molar-refractivity contribution < 1.29 is 19.1 Å². The van der Waals surface area contributed by atoms with Crippen LogP contribution < -0.4 is 0 Å². The molecule has 2 aromatic carbocycles. The molecule has 0 atom stereocenters. The molecule has 0 radical (unpaired) electrons. The Morgan fingerprint density at radius 3 is 2.11 bits per heavy atom. The summed E-state index contributed by atoms with van der Waals surface area (Å²) < 4.78 is 9.73. The quantitative estimate of drug-likeness (QED) is 0.388. The number of rotatable bonds is 8. The topological polar surface area (TPSA) is 52.6 Å². The molecule has 0 saturated heterocycles. The zero-order valence-electron chi connectivity index (χ0n) is 15.7. The summed E-state index contributed by atoms with van der Waals surface area (Å²) in [6.07, 6.45) is 5.53. The monoisotopic (exact) mass is 364 g/mol. The van der Waals surface area contributed by atoms with E-state index in [-0.39, 0.29) is 12.8 Å². The summed E-state index contributed by atoms with van der Waals surface area (Å²) in [5, 5.41) is 0. The molecule has 0 heterocycles. The first-order chi connectivity index (χ1) is 13.1. The van der Waals surface area contributed by atoms with E-state index in [2.05, 4.69) is 6.58 Å². The van der Waals surface area contributed by atoms with Crippen LogP contribution in [-0.2, 0) is 19.1 Å². The van der Waals surface area contributed by atoms with Crippen LogP contribution in [0.15, 0.2) is 73.3 Å². The van der Waals surface area contributed by atoms with Crippen molar-refractivity contribution in [1.82, 2.24) is 0 Å². The van der Waals surface area contributed by atoms with Gasteiger partial charge < -0.3 is 9.47 Å². The van der Waals surface area contributed by atoms with Gasteiger partial charge in [0.15, 0.2) is 5.41 Å². The number of esters is 2. The minimum absolute atomic E-state index is 0.136. The summed E-state index contributed by atoms with van der Waals surface area (Å²) in [6, 6.07) is 18.0. The first kappa shape index (κ1) is 20.2. The Balaban J connectivity index is 2.35. The number of hydrogen-bond donors (Lipinski definition) is 0. The molecular formula is C23H24O4. The van der Waals surface area contributed by atoms with Crippen LogP contribution in [-0.4, -0.2) is 26.2 Å². The standard InChI is InChI=1S/C23H24O4/c1-4-16-23(21(24)26-2,22(25)27-3)17-10-14-19-13-8-9-15-20(19)18-11-6-5-7-12-18/h4-15H,1,16-17H2,2-3H3/b14-10-. The first-order valence-corrected chi connectivity index (χ1v) is 8.67. The van der Waals surface area contributed by atoms with Crippen LogP contribution in [0.5, 0.6) is 0 Å². The maximum atomic E-state index is 12.4. The van der Waals surface area contributed by atoms with Gasteiger partial charge in [0.1, 0.15) is 0 Å². The highest BCUT2D eigenvalue weighted by Gasteiger charge is 2.46. The van der Waals surface area contributed by atoms with Gasteiger partial charge in [-0.25, -0.2) is 0 Å². The van der Waals surface area contributed by atoms with Crippen LogP contribution in [0, 0.1) is 5.41 Å². The van der Waals surface area contributed by atoms with Crippen LogP contribution in [0.1, 0.15) is 18.4 Å². The second-order valence-corrected chi connectivity index (χ2v) is 6.12. The van der Waals surface area contributed by atoms with Gasteiger partial charge in [-0.15, -0.1) is 6.58 Å². The lowest BCUT2D eigenvalue weighted by atomic mass is 9.80. The number of benzene rings is 2. The maximum Gasteiger partial charge on any atom is 0.323 e. The second-order valence-electron chi connectivity index (χ2n) is 6.12. The van der Waals surface area contributed by atoms with Gasteiger partial charge in [-0.05, 0) is 29.5 Å². The van der Waals surface area contributed by atoms with Crippen molar-refractivity contribution in [3.63, 3.8) is 0 Å². The fraction of sp³-hybridized carbons (Fsp3) is 0.217. The van der Waals surface area contributed by atoms with E-state index < -0.39 is 17.4 Å². The molecule has 0 fully saturated rings.